The first-order valence-electron chi connectivity index (χ1n) is 3.51. The molecule has 0 fully saturated rings. The van der Waals surface area contributed by atoms with E-state index in [0.717, 1.165) is 5.92 Å². The Bertz CT molecular complexity index is 46.0. The molecule has 1 unspecified atom stereocenters. The number of rotatable bonds is 3. The average molecular weight is 113 g/mol. The molecule has 0 saturated carbocycles. The van der Waals surface area contributed by atoms with Gasteiger partial charge >= 0.3 is 0 Å². The summed E-state index contributed by atoms with van der Waals surface area (Å²) in [6, 6.07) is 0. The third kappa shape index (κ3) is 2.95. The van der Waals surface area contributed by atoms with E-state index in [4.69, 9.17) is 0 Å². The van der Waals surface area contributed by atoms with E-state index < -0.39 is 0 Å². The van der Waals surface area contributed by atoms with Crippen LogP contribution < -0.4 is 0 Å². The number of hydrogen-bond donors (Lipinski definition) is 0. The van der Waals surface area contributed by atoms with Crippen LogP contribution in [0.15, 0.2) is 0 Å². The summed E-state index contributed by atoms with van der Waals surface area (Å²) < 4.78 is 0. The van der Waals surface area contributed by atoms with Crippen LogP contribution in [-0.2, 0) is 0 Å². The Morgan fingerprint density at radius 1 is 1.38 bits per heavy atom. The Kier molecular flexibility index (Phi) is 3.76. The van der Waals surface area contributed by atoms with Crippen molar-refractivity contribution in [1.82, 2.24) is 0 Å². The van der Waals surface area contributed by atoms with Crippen LogP contribution in [0.1, 0.15) is 33.6 Å². The Morgan fingerprint density at radius 2 is 1.88 bits per heavy atom. The van der Waals surface area contributed by atoms with Crippen LogP contribution in [0, 0.1) is 18.8 Å². The summed E-state index contributed by atoms with van der Waals surface area (Å²) in [5.74, 6) is 1.43. The van der Waals surface area contributed by atoms with Crippen LogP contribution in [0.2, 0.25) is 0 Å². The summed E-state index contributed by atoms with van der Waals surface area (Å²) in [5.41, 5.74) is 0. The van der Waals surface area contributed by atoms with Crippen LogP contribution in [0.3, 0.4) is 0 Å². The van der Waals surface area contributed by atoms with Crippen molar-refractivity contribution >= 4 is 0 Å². The minimum atomic E-state index is 0.667. The molecule has 0 heterocycles. The van der Waals surface area contributed by atoms with Gasteiger partial charge in [-0.25, -0.2) is 0 Å². The maximum absolute atomic E-state index is 4.03. The van der Waals surface area contributed by atoms with E-state index in [0.29, 0.717) is 5.92 Å². The smallest absolute Gasteiger partial charge is 0.0652 e. The molecule has 0 aromatic carbocycles. The lowest BCUT2D eigenvalue weighted by Crippen LogP contribution is -2.02. The summed E-state index contributed by atoms with van der Waals surface area (Å²) in [4.78, 5) is 0. The van der Waals surface area contributed by atoms with E-state index in [1.165, 1.54) is 12.8 Å². The molecular weight excluding hydrogens is 96.1 g/mol. The molecule has 8 heavy (non-hydrogen) atoms. The van der Waals surface area contributed by atoms with Gasteiger partial charge in [0.2, 0.25) is 0 Å². The van der Waals surface area contributed by atoms with E-state index in [1.807, 2.05) is 0 Å². The van der Waals surface area contributed by atoms with Gasteiger partial charge in [-0.1, -0.05) is 27.2 Å². The molecule has 0 saturated heterocycles. The predicted octanol–water partition coefficient (Wildman–Crippen LogP) is 2.89. The largest absolute Gasteiger partial charge is 0.0975 e. The fraction of sp³-hybridized carbons (Fsp3) is 0.875. The SMILES string of the molecule is [CH2+]C(CCC)C(C)C. The zero-order valence-corrected chi connectivity index (χ0v) is 6.28. The summed E-state index contributed by atoms with van der Waals surface area (Å²) in [6.07, 6.45) is 2.55. The van der Waals surface area contributed by atoms with Crippen molar-refractivity contribution in [3.63, 3.8) is 0 Å². The van der Waals surface area contributed by atoms with Crippen LogP contribution in [0.5, 0.6) is 0 Å². The fourth-order valence-corrected chi connectivity index (χ4v) is 0.704. The zero-order valence-electron chi connectivity index (χ0n) is 6.28. The van der Waals surface area contributed by atoms with Gasteiger partial charge in [0.25, 0.3) is 0 Å². The molecule has 0 rings (SSSR count). The maximum Gasteiger partial charge on any atom is 0.0975 e. The Hall–Kier alpha value is -0.130. The van der Waals surface area contributed by atoms with Crippen LogP contribution >= 0.6 is 0 Å². The normalized spacial score (nSPS) is 14.5. The molecule has 0 N–H and O–H groups in total. The van der Waals surface area contributed by atoms with Gasteiger partial charge in [0, 0.05) is 0 Å². The van der Waals surface area contributed by atoms with E-state index in [-0.39, 0.29) is 0 Å². The monoisotopic (exact) mass is 113 g/mol. The standard InChI is InChI=1S/C8H17/c1-5-6-8(4)7(2)3/h7-8H,4-6H2,1-3H3/q+1. The molecule has 48 valence electrons. The first-order valence-corrected chi connectivity index (χ1v) is 3.51. The minimum absolute atomic E-state index is 0.667. The van der Waals surface area contributed by atoms with Crippen molar-refractivity contribution in [2.45, 2.75) is 33.6 Å². The first-order chi connectivity index (χ1) is 3.68. The lowest BCUT2D eigenvalue weighted by molar-refractivity contribution is 0.429. The van der Waals surface area contributed by atoms with Crippen molar-refractivity contribution in [2.24, 2.45) is 11.8 Å². The lowest BCUT2D eigenvalue weighted by atomic mass is 9.94. The third-order valence-electron chi connectivity index (χ3n) is 1.60. The summed E-state index contributed by atoms with van der Waals surface area (Å²) >= 11 is 0. The molecule has 0 aliphatic carbocycles. The molecule has 0 aromatic rings. The molecule has 0 radical (unpaired) electrons. The van der Waals surface area contributed by atoms with Gasteiger partial charge in [-0.2, -0.15) is 0 Å². The second kappa shape index (κ2) is 3.82. The molecule has 0 aliphatic rings. The van der Waals surface area contributed by atoms with Gasteiger partial charge in [0.15, 0.2) is 0 Å². The molecule has 0 aliphatic heterocycles. The first kappa shape index (κ1) is 7.87. The summed E-state index contributed by atoms with van der Waals surface area (Å²) in [7, 11) is 0. The van der Waals surface area contributed by atoms with Gasteiger partial charge in [0.1, 0.15) is 0 Å². The minimum Gasteiger partial charge on any atom is -0.0652 e. The van der Waals surface area contributed by atoms with Gasteiger partial charge in [-0.15, -0.1) is 0 Å². The maximum atomic E-state index is 4.03. The van der Waals surface area contributed by atoms with E-state index >= 15 is 0 Å². The van der Waals surface area contributed by atoms with Gasteiger partial charge in [-0.05, 0) is 12.3 Å². The predicted molar refractivity (Wildman–Crippen MR) is 38.6 cm³/mol. The van der Waals surface area contributed by atoms with E-state index in [1.54, 1.807) is 0 Å². The Balaban J connectivity index is 3.17. The van der Waals surface area contributed by atoms with Crippen LogP contribution in [0.25, 0.3) is 0 Å². The van der Waals surface area contributed by atoms with Gasteiger partial charge in [0.05, 0.1) is 12.8 Å². The van der Waals surface area contributed by atoms with Gasteiger partial charge in [-0.3, -0.25) is 0 Å². The summed E-state index contributed by atoms with van der Waals surface area (Å²) in [5, 5.41) is 0. The Labute approximate surface area is 53.3 Å². The highest BCUT2D eigenvalue weighted by Gasteiger charge is 2.10. The van der Waals surface area contributed by atoms with Crippen LogP contribution in [0.4, 0.5) is 0 Å². The fourth-order valence-electron chi connectivity index (χ4n) is 0.704. The second-order valence-electron chi connectivity index (χ2n) is 2.79. The van der Waals surface area contributed by atoms with Crippen molar-refractivity contribution in [1.29, 1.82) is 0 Å². The molecule has 0 nitrogen and oxygen atoms in total. The third-order valence-corrected chi connectivity index (χ3v) is 1.60. The average Bonchev–Trinajstić information content (AvgIpc) is 1.67. The molecule has 1 atom stereocenters. The van der Waals surface area contributed by atoms with Crippen molar-refractivity contribution in [3.05, 3.63) is 6.92 Å². The van der Waals surface area contributed by atoms with Crippen molar-refractivity contribution < 1.29 is 0 Å². The lowest BCUT2D eigenvalue weighted by Gasteiger charge is -2.05. The molecule has 0 spiro atoms. The van der Waals surface area contributed by atoms with Crippen LogP contribution in [-0.4, -0.2) is 0 Å². The summed E-state index contributed by atoms with van der Waals surface area (Å²) in [6.45, 7) is 10.7. The zero-order chi connectivity index (χ0) is 6.57. The molecule has 0 bridgehead atoms. The van der Waals surface area contributed by atoms with Crippen molar-refractivity contribution in [3.8, 4) is 0 Å². The molecule has 0 heteroatoms. The highest BCUT2D eigenvalue weighted by molar-refractivity contribution is 4.63. The topological polar surface area (TPSA) is 0 Å². The highest BCUT2D eigenvalue weighted by Crippen LogP contribution is 2.14. The number of hydrogen-bond acceptors (Lipinski definition) is 0. The van der Waals surface area contributed by atoms with E-state index in [2.05, 4.69) is 27.7 Å². The highest BCUT2D eigenvalue weighted by atomic mass is 14.1. The Morgan fingerprint density at radius 3 is 2.00 bits per heavy atom. The molecule has 0 aromatic heterocycles. The second-order valence-corrected chi connectivity index (χ2v) is 2.79. The quantitative estimate of drug-likeness (QED) is 0.494. The van der Waals surface area contributed by atoms with E-state index in [9.17, 15) is 0 Å². The molecular formula is C8H17+. The molecule has 0 amide bonds. The van der Waals surface area contributed by atoms with Gasteiger partial charge < -0.3 is 0 Å². The van der Waals surface area contributed by atoms with Crippen molar-refractivity contribution in [2.75, 3.05) is 0 Å².